The Balaban J connectivity index is 1.45. The lowest BCUT2D eigenvalue weighted by Gasteiger charge is -2.19. The van der Waals surface area contributed by atoms with Crippen LogP contribution in [0.25, 0.3) is 11.0 Å². The molecule has 188 valence electrons. The molecule has 0 atom stereocenters. The predicted molar refractivity (Wildman–Crippen MR) is 145 cm³/mol. The number of imidazole rings is 1. The Kier molecular flexibility index (Phi) is 9.95. The highest BCUT2D eigenvalue weighted by atomic mass is 16.5. The predicted octanol–water partition coefficient (Wildman–Crippen LogP) is 6.60. The van der Waals surface area contributed by atoms with Crippen LogP contribution in [0.4, 0.5) is 0 Å². The van der Waals surface area contributed by atoms with Crippen LogP contribution in [0, 0.1) is 0 Å². The first kappa shape index (κ1) is 26.5. The van der Waals surface area contributed by atoms with E-state index in [0.29, 0.717) is 0 Å². The Bertz CT molecular complexity index is 1090. The molecular weight excluding hydrogens is 434 g/mol. The average molecular weight is 476 g/mol. The van der Waals surface area contributed by atoms with Gasteiger partial charge in [-0.2, -0.15) is 0 Å². The number of fused-ring (bicyclic) bond motifs is 1. The monoisotopic (exact) mass is 475 g/mol. The van der Waals surface area contributed by atoms with Crippen molar-refractivity contribution in [1.82, 2.24) is 14.9 Å². The molecule has 0 spiro atoms. The summed E-state index contributed by atoms with van der Waals surface area (Å²) in [5.41, 5.74) is 3.75. The molecule has 0 saturated heterocycles. The third-order valence-electron chi connectivity index (χ3n) is 6.19. The van der Waals surface area contributed by atoms with Crippen LogP contribution in [0.1, 0.15) is 71.2 Å². The molecule has 1 amide bonds. The fourth-order valence-corrected chi connectivity index (χ4v) is 4.19. The summed E-state index contributed by atoms with van der Waals surface area (Å²) >= 11 is 0. The van der Waals surface area contributed by atoms with Gasteiger partial charge >= 0.3 is 0 Å². The van der Waals surface area contributed by atoms with Crippen molar-refractivity contribution in [1.29, 1.82) is 0 Å². The van der Waals surface area contributed by atoms with E-state index in [1.165, 1.54) is 11.1 Å². The van der Waals surface area contributed by atoms with E-state index in [-0.39, 0.29) is 11.3 Å². The third kappa shape index (κ3) is 8.27. The maximum absolute atomic E-state index is 11.5. The molecule has 3 aromatic rings. The molecule has 0 unspecified atom stereocenters. The number of para-hydroxylation sites is 2. The summed E-state index contributed by atoms with van der Waals surface area (Å²) in [5.74, 6) is 2.08. The van der Waals surface area contributed by atoms with Gasteiger partial charge in [0.1, 0.15) is 11.6 Å². The standard InChI is InChI=1S/C30H41N3O2/c1-5-13-29(34)31-21-10-6-7-16-28-32-26-14-8-9-15-27(26)33(28)22-11-12-23-35-25-19-17-24(18-20-25)30(2,3)4/h5,8-9,13-15,17-20H,6-7,10-12,16,21-23H2,1-4H3,(H,31,34)/b13-5+. The number of carbonyl (C=O) groups is 1. The van der Waals surface area contributed by atoms with Gasteiger partial charge in [0.2, 0.25) is 5.91 Å². The molecule has 1 N–H and O–H groups in total. The Morgan fingerprint density at radius 1 is 1.00 bits per heavy atom. The van der Waals surface area contributed by atoms with E-state index in [9.17, 15) is 4.79 Å². The molecule has 2 aromatic carbocycles. The van der Waals surface area contributed by atoms with Gasteiger partial charge in [-0.1, -0.05) is 57.5 Å². The molecule has 0 aliphatic heterocycles. The highest BCUT2D eigenvalue weighted by Gasteiger charge is 2.13. The highest BCUT2D eigenvalue weighted by Crippen LogP contribution is 2.24. The van der Waals surface area contributed by atoms with Crippen molar-refractivity contribution in [3.63, 3.8) is 0 Å². The second-order valence-electron chi connectivity index (χ2n) is 10.1. The molecule has 35 heavy (non-hydrogen) atoms. The van der Waals surface area contributed by atoms with E-state index in [1.807, 2.05) is 6.92 Å². The normalized spacial score (nSPS) is 11.9. The molecular formula is C30H41N3O2. The minimum absolute atomic E-state index is 0.0137. The lowest BCUT2D eigenvalue weighted by molar-refractivity contribution is -0.116. The van der Waals surface area contributed by atoms with Crippen molar-refractivity contribution < 1.29 is 9.53 Å². The maximum Gasteiger partial charge on any atom is 0.243 e. The molecule has 0 saturated carbocycles. The summed E-state index contributed by atoms with van der Waals surface area (Å²) in [6.07, 6.45) is 9.44. The average Bonchev–Trinajstić information content (AvgIpc) is 3.18. The molecule has 0 aliphatic carbocycles. The van der Waals surface area contributed by atoms with Gasteiger partial charge in [-0.15, -0.1) is 0 Å². The zero-order valence-electron chi connectivity index (χ0n) is 21.8. The largest absolute Gasteiger partial charge is 0.494 e. The number of hydrogen-bond donors (Lipinski definition) is 1. The van der Waals surface area contributed by atoms with Crippen LogP contribution in [0.2, 0.25) is 0 Å². The fraction of sp³-hybridized carbons (Fsp3) is 0.467. The van der Waals surface area contributed by atoms with Crippen molar-refractivity contribution in [2.45, 2.75) is 78.2 Å². The summed E-state index contributed by atoms with van der Waals surface area (Å²) in [4.78, 5) is 16.4. The number of benzene rings is 2. The summed E-state index contributed by atoms with van der Waals surface area (Å²) < 4.78 is 8.36. The number of aryl methyl sites for hydroxylation is 2. The van der Waals surface area contributed by atoms with E-state index < -0.39 is 0 Å². The van der Waals surface area contributed by atoms with Crippen LogP contribution >= 0.6 is 0 Å². The lowest BCUT2D eigenvalue weighted by Crippen LogP contribution is -2.21. The van der Waals surface area contributed by atoms with Crippen LogP contribution < -0.4 is 10.1 Å². The molecule has 3 rings (SSSR count). The van der Waals surface area contributed by atoms with Crippen molar-refractivity contribution in [2.75, 3.05) is 13.2 Å². The van der Waals surface area contributed by atoms with Crippen LogP contribution in [-0.2, 0) is 23.2 Å². The molecule has 5 nitrogen and oxygen atoms in total. The number of amides is 1. The van der Waals surface area contributed by atoms with E-state index >= 15 is 0 Å². The van der Waals surface area contributed by atoms with E-state index in [2.05, 4.69) is 79.2 Å². The topological polar surface area (TPSA) is 56.2 Å². The van der Waals surface area contributed by atoms with Crippen molar-refractivity contribution >= 4 is 16.9 Å². The van der Waals surface area contributed by atoms with Gasteiger partial charge in [-0.05, 0) is 73.9 Å². The summed E-state index contributed by atoms with van der Waals surface area (Å²) in [6, 6.07) is 16.9. The number of ether oxygens (including phenoxy) is 1. The van der Waals surface area contributed by atoms with Crippen LogP contribution in [0.3, 0.4) is 0 Å². The molecule has 1 heterocycles. The number of nitrogens with one attached hydrogen (secondary N) is 1. The Hall–Kier alpha value is -3.08. The Morgan fingerprint density at radius 3 is 2.51 bits per heavy atom. The summed E-state index contributed by atoms with van der Waals surface area (Å²) in [6.45, 7) is 10.9. The van der Waals surface area contributed by atoms with E-state index in [1.54, 1.807) is 12.2 Å². The minimum Gasteiger partial charge on any atom is -0.494 e. The molecule has 0 bridgehead atoms. The summed E-state index contributed by atoms with van der Waals surface area (Å²) in [7, 11) is 0. The third-order valence-corrected chi connectivity index (χ3v) is 6.19. The van der Waals surface area contributed by atoms with Crippen LogP contribution in [0.5, 0.6) is 5.75 Å². The van der Waals surface area contributed by atoms with Gasteiger partial charge in [-0.25, -0.2) is 4.98 Å². The minimum atomic E-state index is -0.0137. The second kappa shape index (κ2) is 13.1. The quantitative estimate of drug-likeness (QED) is 0.224. The zero-order chi connectivity index (χ0) is 25.1. The molecule has 0 aliphatic rings. The maximum atomic E-state index is 11.5. The first-order valence-corrected chi connectivity index (χ1v) is 13.0. The second-order valence-corrected chi connectivity index (χ2v) is 10.1. The SMILES string of the molecule is C/C=C/C(=O)NCCCCCc1nc2ccccc2n1CCCCOc1ccc(C(C)(C)C)cc1. The van der Waals surface area contributed by atoms with Gasteiger partial charge in [0, 0.05) is 19.5 Å². The van der Waals surface area contributed by atoms with Crippen molar-refractivity contribution in [2.24, 2.45) is 0 Å². The molecule has 5 heteroatoms. The molecule has 0 fully saturated rings. The van der Waals surface area contributed by atoms with Gasteiger partial charge in [0.25, 0.3) is 0 Å². The van der Waals surface area contributed by atoms with Crippen molar-refractivity contribution in [3.8, 4) is 5.75 Å². The summed E-state index contributed by atoms with van der Waals surface area (Å²) in [5, 5.41) is 2.92. The van der Waals surface area contributed by atoms with Crippen LogP contribution in [0.15, 0.2) is 60.7 Å². The highest BCUT2D eigenvalue weighted by molar-refractivity contribution is 5.87. The van der Waals surface area contributed by atoms with Gasteiger partial charge in [-0.3, -0.25) is 4.79 Å². The van der Waals surface area contributed by atoms with Gasteiger partial charge in [0.05, 0.1) is 17.6 Å². The lowest BCUT2D eigenvalue weighted by atomic mass is 9.87. The van der Waals surface area contributed by atoms with Crippen molar-refractivity contribution in [3.05, 3.63) is 72.1 Å². The Morgan fingerprint density at radius 2 is 1.77 bits per heavy atom. The first-order chi connectivity index (χ1) is 16.9. The molecule has 1 aromatic heterocycles. The number of aromatic nitrogens is 2. The van der Waals surface area contributed by atoms with Gasteiger partial charge < -0.3 is 14.6 Å². The number of hydrogen-bond acceptors (Lipinski definition) is 3. The van der Waals surface area contributed by atoms with Gasteiger partial charge in [0.15, 0.2) is 0 Å². The number of carbonyl (C=O) groups excluding carboxylic acids is 1. The number of nitrogens with zero attached hydrogens (tertiary/aromatic N) is 2. The number of rotatable bonds is 13. The van der Waals surface area contributed by atoms with E-state index in [4.69, 9.17) is 9.72 Å². The number of unbranched alkanes of at least 4 members (excludes halogenated alkanes) is 3. The fourth-order valence-electron chi connectivity index (χ4n) is 4.19. The smallest absolute Gasteiger partial charge is 0.243 e. The Labute approximate surface area is 210 Å². The molecule has 0 radical (unpaired) electrons. The zero-order valence-corrected chi connectivity index (χ0v) is 21.8. The number of allylic oxidation sites excluding steroid dienone is 1. The van der Waals surface area contributed by atoms with E-state index in [0.717, 1.165) is 75.3 Å². The van der Waals surface area contributed by atoms with Crippen LogP contribution in [-0.4, -0.2) is 28.6 Å². The first-order valence-electron chi connectivity index (χ1n) is 13.0.